The van der Waals surface area contributed by atoms with Gasteiger partial charge in [0.15, 0.2) is 0 Å². The first-order valence-corrected chi connectivity index (χ1v) is 6.67. The van der Waals surface area contributed by atoms with E-state index in [0.717, 1.165) is 6.54 Å². The summed E-state index contributed by atoms with van der Waals surface area (Å²) in [6.45, 7) is 3.27. The highest BCUT2D eigenvalue weighted by atomic mass is 35.5. The normalized spacial score (nSPS) is 13.2. The number of hydrogen-bond acceptors (Lipinski definition) is 5. The van der Waals surface area contributed by atoms with Gasteiger partial charge in [0.2, 0.25) is 0 Å². The lowest BCUT2D eigenvalue weighted by Crippen LogP contribution is -2.27. The van der Waals surface area contributed by atoms with Gasteiger partial charge < -0.3 is 20.1 Å². The maximum Gasteiger partial charge on any atom is 0.110 e. The van der Waals surface area contributed by atoms with E-state index in [1.165, 1.54) is 0 Å². The Labute approximate surface area is 119 Å². The molecule has 0 amide bonds. The Balaban J connectivity index is 2.56. The van der Waals surface area contributed by atoms with Crippen LogP contribution in [0.1, 0.15) is 11.8 Å². The summed E-state index contributed by atoms with van der Waals surface area (Å²) in [5, 5.41) is 18.0. The molecular formula is C12H23ClN4O2. The fraction of sp³-hybridized carbons (Fsp3) is 0.750. The summed E-state index contributed by atoms with van der Waals surface area (Å²) in [4.78, 5) is 2.06. The van der Waals surface area contributed by atoms with Gasteiger partial charge in [-0.05, 0) is 14.1 Å². The van der Waals surface area contributed by atoms with Gasteiger partial charge in [-0.25, -0.2) is 0 Å². The first kappa shape index (κ1) is 16.4. The molecule has 0 aromatic carbocycles. The van der Waals surface area contributed by atoms with Crippen molar-refractivity contribution in [2.45, 2.75) is 12.6 Å². The first-order chi connectivity index (χ1) is 9.06. The number of rotatable bonds is 9. The van der Waals surface area contributed by atoms with Gasteiger partial charge >= 0.3 is 0 Å². The molecule has 0 radical (unpaired) electrons. The number of aliphatic hydroxyl groups is 1. The molecular weight excluding hydrogens is 268 g/mol. The van der Waals surface area contributed by atoms with Gasteiger partial charge in [0.05, 0.1) is 30.1 Å². The van der Waals surface area contributed by atoms with Gasteiger partial charge in [0.1, 0.15) is 6.10 Å². The quantitative estimate of drug-likeness (QED) is 0.644. The second-order valence-corrected chi connectivity index (χ2v) is 5.02. The smallest absolute Gasteiger partial charge is 0.110 e. The lowest BCUT2D eigenvalue weighted by atomic mass is 10.2. The minimum absolute atomic E-state index is 0.427. The molecule has 1 aromatic heterocycles. The van der Waals surface area contributed by atoms with Gasteiger partial charge in [0.25, 0.3) is 0 Å². The fourth-order valence-electron chi connectivity index (χ4n) is 1.69. The standard InChI is InChI=1S/C12H23ClN4O2/c1-16(2)5-6-17-12(10(13)8-15-17)11(18)9-14-4-7-19-3/h8,11,14,18H,4-7,9H2,1-3H3. The molecule has 19 heavy (non-hydrogen) atoms. The lowest BCUT2D eigenvalue weighted by Gasteiger charge is -2.16. The molecule has 0 bridgehead atoms. The number of ether oxygens (including phenoxy) is 1. The van der Waals surface area contributed by atoms with Gasteiger partial charge in [-0.2, -0.15) is 5.10 Å². The highest BCUT2D eigenvalue weighted by Crippen LogP contribution is 2.22. The van der Waals surface area contributed by atoms with Crippen LogP contribution in [0.4, 0.5) is 0 Å². The molecule has 0 aliphatic rings. The summed E-state index contributed by atoms with van der Waals surface area (Å²) < 4.78 is 6.69. The summed E-state index contributed by atoms with van der Waals surface area (Å²) in [6.07, 6.45) is 0.902. The largest absolute Gasteiger partial charge is 0.385 e. The summed E-state index contributed by atoms with van der Waals surface area (Å²) >= 11 is 6.09. The van der Waals surface area contributed by atoms with Crippen LogP contribution in [0.25, 0.3) is 0 Å². The molecule has 1 aromatic rings. The summed E-state index contributed by atoms with van der Waals surface area (Å²) in [7, 11) is 5.63. The summed E-state index contributed by atoms with van der Waals surface area (Å²) in [6, 6.07) is 0. The van der Waals surface area contributed by atoms with Gasteiger partial charge in [-0.3, -0.25) is 4.68 Å². The van der Waals surface area contributed by atoms with Crippen LogP contribution < -0.4 is 5.32 Å². The predicted molar refractivity (Wildman–Crippen MR) is 75.5 cm³/mol. The third kappa shape index (κ3) is 5.46. The minimum atomic E-state index is -0.672. The molecule has 2 N–H and O–H groups in total. The molecule has 1 rings (SSSR count). The SMILES string of the molecule is COCCNCC(O)c1c(Cl)cnn1CCN(C)C. The number of nitrogens with zero attached hydrogens (tertiary/aromatic N) is 3. The van der Waals surface area contributed by atoms with E-state index in [0.29, 0.717) is 37.0 Å². The Morgan fingerprint density at radius 3 is 2.95 bits per heavy atom. The fourth-order valence-corrected chi connectivity index (χ4v) is 1.95. The van der Waals surface area contributed by atoms with E-state index in [1.54, 1.807) is 18.0 Å². The number of aromatic nitrogens is 2. The topological polar surface area (TPSA) is 62.5 Å². The van der Waals surface area contributed by atoms with Crippen molar-refractivity contribution in [2.24, 2.45) is 0 Å². The molecule has 0 aliphatic carbocycles. The van der Waals surface area contributed by atoms with E-state index in [4.69, 9.17) is 16.3 Å². The molecule has 0 saturated carbocycles. The van der Waals surface area contributed by atoms with Crippen LogP contribution in [0.2, 0.25) is 5.02 Å². The van der Waals surface area contributed by atoms with Crippen molar-refractivity contribution in [3.05, 3.63) is 16.9 Å². The molecule has 110 valence electrons. The van der Waals surface area contributed by atoms with Gasteiger partial charge in [0, 0.05) is 26.7 Å². The number of halogens is 1. The van der Waals surface area contributed by atoms with Crippen LogP contribution in [0.5, 0.6) is 0 Å². The lowest BCUT2D eigenvalue weighted by molar-refractivity contribution is 0.152. The van der Waals surface area contributed by atoms with E-state index in [1.807, 2.05) is 14.1 Å². The second kappa shape index (κ2) is 8.50. The second-order valence-electron chi connectivity index (χ2n) is 4.62. The minimum Gasteiger partial charge on any atom is -0.385 e. The van der Waals surface area contributed by atoms with Crippen LogP contribution in [0.15, 0.2) is 6.20 Å². The Hall–Kier alpha value is -0.660. The number of aliphatic hydroxyl groups excluding tert-OH is 1. The molecule has 1 unspecified atom stereocenters. The van der Waals surface area contributed by atoms with Crippen molar-refractivity contribution in [1.29, 1.82) is 0 Å². The van der Waals surface area contributed by atoms with E-state index in [2.05, 4.69) is 15.3 Å². The van der Waals surface area contributed by atoms with Crippen LogP contribution >= 0.6 is 11.6 Å². The van der Waals surface area contributed by atoms with Crippen molar-refractivity contribution in [2.75, 3.05) is 47.4 Å². The van der Waals surface area contributed by atoms with Crippen molar-refractivity contribution in [3.63, 3.8) is 0 Å². The highest BCUT2D eigenvalue weighted by molar-refractivity contribution is 6.31. The molecule has 0 fully saturated rings. The van der Waals surface area contributed by atoms with E-state index >= 15 is 0 Å². The average Bonchev–Trinajstić information content (AvgIpc) is 2.73. The zero-order chi connectivity index (χ0) is 14.3. The summed E-state index contributed by atoms with van der Waals surface area (Å²) in [5.74, 6) is 0. The average molecular weight is 291 g/mol. The van der Waals surface area contributed by atoms with Gasteiger partial charge in [-0.1, -0.05) is 11.6 Å². The molecule has 1 atom stereocenters. The Bertz CT molecular complexity index is 371. The number of hydrogen-bond donors (Lipinski definition) is 2. The maximum atomic E-state index is 10.2. The zero-order valence-corrected chi connectivity index (χ0v) is 12.5. The van der Waals surface area contributed by atoms with Crippen LogP contribution in [-0.2, 0) is 11.3 Å². The van der Waals surface area contributed by atoms with Crippen LogP contribution in [-0.4, -0.2) is 67.2 Å². The Morgan fingerprint density at radius 1 is 1.58 bits per heavy atom. The zero-order valence-electron chi connectivity index (χ0n) is 11.8. The van der Waals surface area contributed by atoms with Gasteiger partial charge in [-0.15, -0.1) is 0 Å². The van der Waals surface area contributed by atoms with Crippen molar-refractivity contribution in [3.8, 4) is 0 Å². The third-order valence-corrected chi connectivity index (χ3v) is 3.02. The van der Waals surface area contributed by atoms with Crippen LogP contribution in [0, 0.1) is 0 Å². The Morgan fingerprint density at radius 2 is 2.32 bits per heavy atom. The molecule has 6 nitrogen and oxygen atoms in total. The maximum absolute atomic E-state index is 10.2. The Kier molecular flexibility index (Phi) is 7.33. The van der Waals surface area contributed by atoms with E-state index < -0.39 is 6.10 Å². The van der Waals surface area contributed by atoms with Crippen molar-refractivity contribution >= 4 is 11.6 Å². The van der Waals surface area contributed by atoms with Crippen molar-refractivity contribution < 1.29 is 9.84 Å². The monoisotopic (exact) mass is 290 g/mol. The molecule has 7 heteroatoms. The highest BCUT2D eigenvalue weighted by Gasteiger charge is 2.17. The number of methoxy groups -OCH3 is 1. The predicted octanol–water partition coefficient (Wildman–Crippen LogP) is 0.368. The molecule has 0 aliphatic heterocycles. The molecule has 0 saturated heterocycles. The number of likely N-dealkylation sites (N-methyl/N-ethyl adjacent to an activating group) is 1. The van der Waals surface area contributed by atoms with E-state index in [9.17, 15) is 5.11 Å². The van der Waals surface area contributed by atoms with Crippen molar-refractivity contribution in [1.82, 2.24) is 20.0 Å². The van der Waals surface area contributed by atoms with E-state index in [-0.39, 0.29) is 0 Å². The summed E-state index contributed by atoms with van der Waals surface area (Å²) in [5.41, 5.74) is 0.661. The third-order valence-electron chi connectivity index (χ3n) is 2.73. The molecule has 1 heterocycles. The number of nitrogens with one attached hydrogen (secondary N) is 1. The molecule has 0 spiro atoms. The first-order valence-electron chi connectivity index (χ1n) is 6.30. The van der Waals surface area contributed by atoms with Crippen LogP contribution in [0.3, 0.4) is 0 Å².